The summed E-state index contributed by atoms with van der Waals surface area (Å²) in [7, 11) is 0. The van der Waals surface area contributed by atoms with Gasteiger partial charge in [-0.25, -0.2) is 9.86 Å². The first-order chi connectivity index (χ1) is 21.4. The van der Waals surface area contributed by atoms with Gasteiger partial charge in [0.2, 0.25) is 17.7 Å². The Hall–Kier alpha value is -3.68. The Balaban J connectivity index is 1.67. The topological polar surface area (TPSA) is 128 Å². The Kier molecular flexibility index (Phi) is 12.2. The van der Waals surface area contributed by atoms with E-state index in [2.05, 4.69) is 10.6 Å². The molecule has 1 aromatic carbocycles. The van der Waals surface area contributed by atoms with Crippen LogP contribution in [0.4, 0.5) is 18.0 Å². The van der Waals surface area contributed by atoms with E-state index in [1.807, 2.05) is 20.8 Å². The van der Waals surface area contributed by atoms with Crippen LogP contribution in [0.2, 0.25) is 0 Å². The summed E-state index contributed by atoms with van der Waals surface area (Å²) in [6.07, 6.45) is -3.96. The Morgan fingerprint density at radius 2 is 1.57 bits per heavy atom. The van der Waals surface area contributed by atoms with Crippen LogP contribution in [0.15, 0.2) is 30.3 Å². The lowest BCUT2D eigenvalue weighted by Gasteiger charge is -2.40. The number of nitrogens with one attached hydrogen (secondary N) is 2. The van der Waals surface area contributed by atoms with Gasteiger partial charge >= 0.3 is 12.2 Å². The number of piperidine rings is 1. The number of amides is 5. The van der Waals surface area contributed by atoms with Gasteiger partial charge in [-0.05, 0) is 57.9 Å². The Morgan fingerprint density at radius 1 is 0.957 bits per heavy atom. The van der Waals surface area contributed by atoms with E-state index < -0.39 is 53.5 Å². The number of nitrogens with zero attached hydrogens (tertiary/aromatic N) is 3. The first kappa shape index (κ1) is 36.8. The molecule has 0 radical (unpaired) electrons. The zero-order valence-electron chi connectivity index (χ0n) is 27.4. The molecule has 5 amide bonds. The van der Waals surface area contributed by atoms with Gasteiger partial charge < -0.3 is 20.4 Å². The molecule has 0 aromatic heterocycles. The van der Waals surface area contributed by atoms with Crippen LogP contribution >= 0.6 is 0 Å². The molecule has 46 heavy (non-hydrogen) atoms. The molecule has 2 fully saturated rings. The molecule has 3 atom stereocenters. The molecule has 11 nitrogen and oxygen atoms in total. The number of hydrogen-bond donors (Lipinski definition) is 2. The number of urea groups is 1. The Morgan fingerprint density at radius 3 is 2.09 bits per heavy atom. The number of hydroxylamine groups is 2. The van der Waals surface area contributed by atoms with Gasteiger partial charge in [-0.1, -0.05) is 44.2 Å². The third-order valence-electron chi connectivity index (χ3n) is 8.01. The number of rotatable bonds is 10. The van der Waals surface area contributed by atoms with E-state index in [0.717, 1.165) is 0 Å². The number of ketones is 1. The lowest BCUT2D eigenvalue weighted by atomic mass is 10.0. The molecule has 0 bridgehead atoms. The standard InChI is InChI=1S/C32H46F3N5O6/c1-20(2)26(37-30(45)38-17-14-23(15-18-38)40(21(3)41)46-31(4,5)6)29(44)39-16-10-13-25(39)28(43)36-24(27(42)32(33,34)35)19-22-11-8-7-9-12-22/h7-9,11-12,20,23-26H,10,13-19H2,1-6H3,(H,36,43)(H,37,45)/t24?,25?,26-/m0/s1. The van der Waals surface area contributed by atoms with E-state index >= 15 is 0 Å². The van der Waals surface area contributed by atoms with Crippen molar-refractivity contribution in [3.63, 3.8) is 0 Å². The van der Waals surface area contributed by atoms with Crippen LogP contribution in [0.25, 0.3) is 0 Å². The zero-order chi connectivity index (χ0) is 34.4. The minimum atomic E-state index is -5.16. The molecule has 2 heterocycles. The second-order valence-corrected chi connectivity index (χ2v) is 13.2. The van der Waals surface area contributed by atoms with Crippen LogP contribution in [0.3, 0.4) is 0 Å². The Bertz CT molecular complexity index is 1240. The van der Waals surface area contributed by atoms with E-state index in [-0.39, 0.29) is 37.3 Å². The zero-order valence-corrected chi connectivity index (χ0v) is 27.4. The highest BCUT2D eigenvalue weighted by Crippen LogP contribution is 2.25. The lowest BCUT2D eigenvalue weighted by molar-refractivity contribution is -0.244. The largest absolute Gasteiger partial charge is 0.452 e. The number of halogens is 3. The molecule has 256 valence electrons. The van der Waals surface area contributed by atoms with Crippen molar-refractivity contribution in [2.24, 2.45) is 5.92 Å². The van der Waals surface area contributed by atoms with E-state index in [1.54, 1.807) is 49.1 Å². The van der Waals surface area contributed by atoms with Gasteiger partial charge in [0.25, 0.3) is 5.78 Å². The SMILES string of the molecule is CC(=O)N(OC(C)(C)C)C1CCN(C(=O)N[C@H](C(=O)N2CCCC2C(=O)NC(Cc2ccccc2)C(=O)C(F)(F)F)C(C)C)CC1. The van der Waals surface area contributed by atoms with E-state index in [0.29, 0.717) is 37.9 Å². The van der Waals surface area contributed by atoms with Gasteiger partial charge in [-0.2, -0.15) is 13.2 Å². The fourth-order valence-corrected chi connectivity index (χ4v) is 5.74. The van der Waals surface area contributed by atoms with Crippen LogP contribution in [-0.4, -0.2) is 100.0 Å². The molecule has 2 saturated heterocycles. The highest BCUT2D eigenvalue weighted by Gasteiger charge is 2.46. The van der Waals surface area contributed by atoms with Crippen molar-refractivity contribution in [2.75, 3.05) is 19.6 Å². The highest BCUT2D eigenvalue weighted by atomic mass is 19.4. The number of hydrogen-bond acceptors (Lipinski definition) is 6. The maximum absolute atomic E-state index is 13.7. The van der Waals surface area contributed by atoms with Crippen LogP contribution in [0, 0.1) is 5.92 Å². The normalized spacial score (nSPS) is 19.0. The Labute approximate surface area is 268 Å². The van der Waals surface area contributed by atoms with Crippen molar-refractivity contribution in [3.05, 3.63) is 35.9 Å². The monoisotopic (exact) mass is 653 g/mol. The van der Waals surface area contributed by atoms with E-state index in [1.165, 1.54) is 16.9 Å². The van der Waals surface area contributed by atoms with Crippen molar-refractivity contribution < 1.29 is 42.0 Å². The van der Waals surface area contributed by atoms with E-state index in [9.17, 15) is 37.1 Å². The predicted octanol–water partition coefficient (Wildman–Crippen LogP) is 3.61. The fourth-order valence-electron chi connectivity index (χ4n) is 5.74. The summed E-state index contributed by atoms with van der Waals surface area (Å²) in [5.41, 5.74) is -0.140. The van der Waals surface area contributed by atoms with Gasteiger partial charge in [-0.3, -0.25) is 24.0 Å². The van der Waals surface area contributed by atoms with Crippen LogP contribution in [0.5, 0.6) is 0 Å². The summed E-state index contributed by atoms with van der Waals surface area (Å²) in [5.74, 6) is -4.06. The van der Waals surface area contributed by atoms with Crippen molar-refractivity contribution in [3.8, 4) is 0 Å². The molecular weight excluding hydrogens is 607 g/mol. The fraction of sp³-hybridized carbons (Fsp3) is 0.656. The average molecular weight is 654 g/mol. The van der Waals surface area contributed by atoms with Gasteiger partial charge in [-0.15, -0.1) is 0 Å². The van der Waals surface area contributed by atoms with E-state index in [4.69, 9.17) is 4.84 Å². The van der Waals surface area contributed by atoms with Crippen LogP contribution in [-0.2, 0) is 30.4 Å². The van der Waals surface area contributed by atoms with Crippen molar-refractivity contribution in [1.29, 1.82) is 0 Å². The smallest absolute Gasteiger partial charge is 0.344 e. The number of likely N-dealkylation sites (tertiary alicyclic amines) is 2. The molecule has 14 heteroatoms. The minimum absolute atomic E-state index is 0.173. The third kappa shape index (κ3) is 9.91. The second-order valence-electron chi connectivity index (χ2n) is 13.2. The quantitative estimate of drug-likeness (QED) is 0.372. The molecule has 1 aromatic rings. The molecule has 0 spiro atoms. The maximum Gasteiger partial charge on any atom is 0.452 e. The average Bonchev–Trinajstić information content (AvgIpc) is 3.47. The first-order valence-corrected chi connectivity index (χ1v) is 15.7. The van der Waals surface area contributed by atoms with Crippen molar-refractivity contribution in [2.45, 2.75) is 110 Å². The molecule has 2 aliphatic rings. The highest BCUT2D eigenvalue weighted by molar-refractivity contribution is 5.96. The van der Waals surface area contributed by atoms with Gasteiger partial charge in [0.15, 0.2) is 0 Å². The summed E-state index contributed by atoms with van der Waals surface area (Å²) >= 11 is 0. The van der Waals surface area contributed by atoms with Crippen LogP contribution in [0.1, 0.15) is 72.8 Å². The molecule has 0 aliphatic carbocycles. The summed E-state index contributed by atoms with van der Waals surface area (Å²) in [5, 5.41) is 6.41. The predicted molar refractivity (Wildman–Crippen MR) is 163 cm³/mol. The molecule has 2 aliphatic heterocycles. The minimum Gasteiger partial charge on any atom is -0.344 e. The number of carbonyl (C=O) groups is 5. The number of alkyl halides is 3. The third-order valence-corrected chi connectivity index (χ3v) is 8.01. The summed E-state index contributed by atoms with van der Waals surface area (Å²) in [4.78, 5) is 73.5. The maximum atomic E-state index is 13.7. The molecular formula is C32H46F3N5O6. The van der Waals surface area contributed by atoms with Crippen LogP contribution < -0.4 is 10.6 Å². The van der Waals surface area contributed by atoms with Gasteiger partial charge in [0, 0.05) is 33.0 Å². The van der Waals surface area contributed by atoms with Crippen molar-refractivity contribution >= 4 is 29.5 Å². The number of Topliss-reactive ketones (excluding diaryl/α,β-unsaturated/α-hetero) is 1. The molecule has 0 saturated carbocycles. The number of benzene rings is 1. The van der Waals surface area contributed by atoms with Gasteiger partial charge in [0.05, 0.1) is 11.6 Å². The second kappa shape index (κ2) is 15.3. The van der Waals surface area contributed by atoms with Gasteiger partial charge in [0.1, 0.15) is 18.1 Å². The summed E-state index contributed by atoms with van der Waals surface area (Å²) < 4.78 is 40.3. The molecule has 2 unspecified atom stereocenters. The molecule has 3 rings (SSSR count). The first-order valence-electron chi connectivity index (χ1n) is 15.7. The molecule has 2 N–H and O–H groups in total. The summed E-state index contributed by atoms with van der Waals surface area (Å²) in [6, 6.07) is 3.39. The van der Waals surface area contributed by atoms with Crippen molar-refractivity contribution in [1.82, 2.24) is 25.5 Å². The summed E-state index contributed by atoms with van der Waals surface area (Å²) in [6.45, 7) is 11.2. The number of carbonyl (C=O) groups excluding carboxylic acids is 5. The lowest BCUT2D eigenvalue weighted by Crippen LogP contribution is -2.59.